The van der Waals surface area contributed by atoms with Crippen molar-refractivity contribution in [1.82, 2.24) is 10.2 Å². The van der Waals surface area contributed by atoms with Gasteiger partial charge in [-0.1, -0.05) is 6.08 Å². The Morgan fingerprint density at radius 1 is 1.64 bits per heavy atom. The second kappa shape index (κ2) is 3.83. The topological polar surface area (TPSA) is 46.0 Å². The molecular formula is C8H10N2O. The number of aliphatic hydroxyl groups is 1. The van der Waals surface area contributed by atoms with Crippen molar-refractivity contribution >= 4 is 0 Å². The molecule has 1 N–H and O–H groups in total. The molecule has 0 fully saturated rings. The standard InChI is InChI=1S/C8H10N2O/c1-2-3-8(11)7-4-5-9-10-6-7/h2,4-6,8,11H,1,3H2. The Hall–Kier alpha value is -1.22. The lowest BCUT2D eigenvalue weighted by Crippen LogP contribution is -1.96. The van der Waals surface area contributed by atoms with Crippen molar-refractivity contribution < 1.29 is 5.11 Å². The molecule has 0 amide bonds. The number of hydrogen-bond donors (Lipinski definition) is 1. The van der Waals surface area contributed by atoms with E-state index in [2.05, 4.69) is 16.8 Å². The Bertz CT molecular complexity index is 223. The van der Waals surface area contributed by atoms with E-state index in [1.165, 1.54) is 0 Å². The number of aromatic nitrogens is 2. The van der Waals surface area contributed by atoms with Gasteiger partial charge in [0.1, 0.15) is 0 Å². The van der Waals surface area contributed by atoms with Crippen molar-refractivity contribution in [3.8, 4) is 0 Å². The van der Waals surface area contributed by atoms with Gasteiger partial charge in [-0.25, -0.2) is 0 Å². The van der Waals surface area contributed by atoms with E-state index in [4.69, 9.17) is 0 Å². The summed E-state index contributed by atoms with van der Waals surface area (Å²) in [4.78, 5) is 0. The van der Waals surface area contributed by atoms with Crippen LogP contribution in [-0.4, -0.2) is 15.3 Å². The molecule has 0 radical (unpaired) electrons. The van der Waals surface area contributed by atoms with Crippen LogP contribution in [-0.2, 0) is 0 Å². The second-order valence-electron chi connectivity index (χ2n) is 2.22. The molecule has 1 atom stereocenters. The highest BCUT2D eigenvalue weighted by atomic mass is 16.3. The van der Waals surface area contributed by atoms with Gasteiger partial charge >= 0.3 is 0 Å². The zero-order chi connectivity index (χ0) is 8.10. The van der Waals surface area contributed by atoms with Crippen LogP contribution in [0, 0.1) is 0 Å². The van der Waals surface area contributed by atoms with E-state index in [1.807, 2.05) is 0 Å². The predicted octanol–water partition coefficient (Wildman–Crippen LogP) is 1.09. The molecule has 3 heteroatoms. The summed E-state index contributed by atoms with van der Waals surface area (Å²) < 4.78 is 0. The van der Waals surface area contributed by atoms with Crippen molar-refractivity contribution in [1.29, 1.82) is 0 Å². The minimum atomic E-state index is -0.497. The van der Waals surface area contributed by atoms with E-state index in [0.29, 0.717) is 6.42 Å². The van der Waals surface area contributed by atoms with E-state index < -0.39 is 6.10 Å². The molecule has 1 aromatic heterocycles. The Kier molecular flexibility index (Phi) is 2.74. The maximum Gasteiger partial charge on any atom is 0.0840 e. The largest absolute Gasteiger partial charge is 0.388 e. The molecule has 58 valence electrons. The third-order valence-electron chi connectivity index (χ3n) is 1.38. The highest BCUT2D eigenvalue weighted by molar-refractivity contribution is 5.09. The van der Waals surface area contributed by atoms with Crippen LogP contribution in [0.25, 0.3) is 0 Å². The normalized spacial score (nSPS) is 12.5. The van der Waals surface area contributed by atoms with E-state index in [1.54, 1.807) is 24.5 Å². The van der Waals surface area contributed by atoms with Crippen LogP contribution in [0.3, 0.4) is 0 Å². The molecular weight excluding hydrogens is 140 g/mol. The quantitative estimate of drug-likeness (QED) is 0.656. The summed E-state index contributed by atoms with van der Waals surface area (Å²) in [7, 11) is 0. The van der Waals surface area contributed by atoms with Gasteiger partial charge in [-0.05, 0) is 12.5 Å². The zero-order valence-corrected chi connectivity index (χ0v) is 6.14. The first-order chi connectivity index (χ1) is 5.34. The van der Waals surface area contributed by atoms with Crippen molar-refractivity contribution in [2.45, 2.75) is 12.5 Å². The van der Waals surface area contributed by atoms with Crippen LogP contribution in [0.5, 0.6) is 0 Å². The van der Waals surface area contributed by atoms with Crippen LogP contribution in [0.1, 0.15) is 18.1 Å². The summed E-state index contributed by atoms with van der Waals surface area (Å²) >= 11 is 0. The average Bonchev–Trinajstić information content (AvgIpc) is 2.07. The van der Waals surface area contributed by atoms with Gasteiger partial charge in [0.25, 0.3) is 0 Å². The molecule has 0 aromatic carbocycles. The molecule has 1 unspecified atom stereocenters. The molecule has 0 aliphatic carbocycles. The minimum absolute atomic E-state index is 0.497. The van der Waals surface area contributed by atoms with Crippen molar-refractivity contribution in [2.24, 2.45) is 0 Å². The Morgan fingerprint density at radius 2 is 2.45 bits per heavy atom. The first-order valence-electron chi connectivity index (χ1n) is 3.40. The highest BCUT2D eigenvalue weighted by Crippen LogP contribution is 2.13. The molecule has 0 saturated carbocycles. The molecule has 3 nitrogen and oxygen atoms in total. The van der Waals surface area contributed by atoms with Crippen LogP contribution in [0.2, 0.25) is 0 Å². The van der Waals surface area contributed by atoms with Crippen molar-refractivity contribution in [3.05, 3.63) is 36.7 Å². The Morgan fingerprint density at radius 3 is 3.00 bits per heavy atom. The molecule has 1 rings (SSSR count). The monoisotopic (exact) mass is 150 g/mol. The van der Waals surface area contributed by atoms with Gasteiger partial charge in [-0.15, -0.1) is 6.58 Å². The Balaban J connectivity index is 2.68. The first-order valence-corrected chi connectivity index (χ1v) is 3.40. The number of aliphatic hydroxyl groups excluding tert-OH is 1. The molecule has 0 aliphatic rings. The SMILES string of the molecule is C=CCC(O)c1ccnnc1. The predicted molar refractivity (Wildman–Crippen MR) is 41.8 cm³/mol. The summed E-state index contributed by atoms with van der Waals surface area (Å²) in [6.07, 6.45) is 4.83. The first kappa shape index (κ1) is 7.88. The summed E-state index contributed by atoms with van der Waals surface area (Å²) in [6.45, 7) is 3.53. The summed E-state index contributed by atoms with van der Waals surface area (Å²) in [5.41, 5.74) is 0.778. The average molecular weight is 150 g/mol. The fourth-order valence-corrected chi connectivity index (χ4v) is 0.792. The lowest BCUT2D eigenvalue weighted by molar-refractivity contribution is 0.181. The van der Waals surface area contributed by atoms with Gasteiger partial charge < -0.3 is 5.11 Å². The van der Waals surface area contributed by atoms with Gasteiger partial charge in [-0.2, -0.15) is 10.2 Å². The van der Waals surface area contributed by atoms with Gasteiger partial charge in [0.15, 0.2) is 0 Å². The van der Waals surface area contributed by atoms with Gasteiger partial charge in [0.05, 0.1) is 12.3 Å². The summed E-state index contributed by atoms with van der Waals surface area (Å²) in [5, 5.41) is 16.6. The van der Waals surface area contributed by atoms with Crippen molar-refractivity contribution in [2.75, 3.05) is 0 Å². The highest BCUT2D eigenvalue weighted by Gasteiger charge is 2.03. The fraction of sp³-hybridized carbons (Fsp3) is 0.250. The van der Waals surface area contributed by atoms with Gasteiger partial charge in [0, 0.05) is 11.8 Å². The van der Waals surface area contributed by atoms with E-state index in [0.717, 1.165) is 5.56 Å². The lowest BCUT2D eigenvalue weighted by atomic mass is 10.1. The number of hydrogen-bond acceptors (Lipinski definition) is 3. The summed E-state index contributed by atoms with van der Waals surface area (Å²) in [5.74, 6) is 0. The minimum Gasteiger partial charge on any atom is -0.388 e. The molecule has 0 aliphatic heterocycles. The Labute approximate surface area is 65.4 Å². The third-order valence-corrected chi connectivity index (χ3v) is 1.38. The number of nitrogens with zero attached hydrogens (tertiary/aromatic N) is 2. The van der Waals surface area contributed by atoms with Crippen molar-refractivity contribution in [3.63, 3.8) is 0 Å². The van der Waals surface area contributed by atoms with E-state index in [-0.39, 0.29) is 0 Å². The fourth-order valence-electron chi connectivity index (χ4n) is 0.792. The molecule has 1 aromatic rings. The van der Waals surface area contributed by atoms with Crippen LogP contribution in [0.4, 0.5) is 0 Å². The number of rotatable bonds is 3. The molecule has 0 spiro atoms. The molecule has 0 bridgehead atoms. The molecule has 0 saturated heterocycles. The molecule has 11 heavy (non-hydrogen) atoms. The van der Waals surface area contributed by atoms with E-state index in [9.17, 15) is 5.11 Å². The van der Waals surface area contributed by atoms with Crippen LogP contribution < -0.4 is 0 Å². The third kappa shape index (κ3) is 2.13. The maximum atomic E-state index is 9.38. The van der Waals surface area contributed by atoms with Crippen LogP contribution >= 0.6 is 0 Å². The smallest absolute Gasteiger partial charge is 0.0840 e. The van der Waals surface area contributed by atoms with Gasteiger partial charge in [0.2, 0.25) is 0 Å². The van der Waals surface area contributed by atoms with Gasteiger partial charge in [-0.3, -0.25) is 0 Å². The second-order valence-corrected chi connectivity index (χ2v) is 2.22. The molecule has 1 heterocycles. The van der Waals surface area contributed by atoms with Crippen LogP contribution in [0.15, 0.2) is 31.1 Å². The lowest BCUT2D eigenvalue weighted by Gasteiger charge is -2.05. The maximum absolute atomic E-state index is 9.38. The zero-order valence-electron chi connectivity index (χ0n) is 6.14. The summed E-state index contributed by atoms with van der Waals surface area (Å²) in [6, 6.07) is 1.74. The van der Waals surface area contributed by atoms with E-state index >= 15 is 0 Å².